The van der Waals surface area contributed by atoms with Crippen molar-refractivity contribution in [2.24, 2.45) is 20.5 Å². The lowest BCUT2D eigenvalue weighted by Crippen LogP contribution is -2.46. The van der Waals surface area contributed by atoms with Gasteiger partial charge in [-0.2, -0.15) is 0 Å². The zero-order valence-corrected chi connectivity index (χ0v) is 42.0. The number of nitrogens with zero attached hydrogens (tertiary/aromatic N) is 4. The molecule has 0 aliphatic heterocycles. The summed E-state index contributed by atoms with van der Waals surface area (Å²) < 4.78 is 40.0. The highest BCUT2D eigenvalue weighted by Crippen LogP contribution is 2.19. The first-order chi connectivity index (χ1) is 30.8. The van der Waals surface area contributed by atoms with Gasteiger partial charge in [0, 0.05) is 65.4 Å². The SMILES string of the molecule is CCO[Si](C)(CCCNC(=O)ON=C1C=CC(=NOC(=O)NCCC[Si](C)(OCC)OCC)C=C1)OCC.CCO[Si](CCCN=C=O)(OCC)OCC.O=Nc1ccc(NO)cc1. The number of benzene rings is 1. The van der Waals surface area contributed by atoms with Crippen molar-refractivity contribution in [3.05, 3.63) is 53.5 Å². The largest absolute Gasteiger partial charge is 0.500 e. The van der Waals surface area contributed by atoms with E-state index in [0.717, 1.165) is 18.5 Å². The number of hydrogen-bond acceptors (Lipinski definition) is 19. The van der Waals surface area contributed by atoms with Crippen molar-refractivity contribution in [2.75, 3.05) is 71.4 Å². The van der Waals surface area contributed by atoms with Crippen LogP contribution in [0.5, 0.6) is 0 Å². The summed E-state index contributed by atoms with van der Waals surface area (Å²) in [6.45, 7) is 23.0. The molecule has 2 rings (SSSR count). The third kappa shape index (κ3) is 28.5. The van der Waals surface area contributed by atoms with E-state index in [0.29, 0.717) is 108 Å². The van der Waals surface area contributed by atoms with Crippen LogP contribution in [0.1, 0.15) is 67.7 Å². The standard InChI is InChI=1S/C24H44N4O8Si2.C10H21NO4Si.C6H6N2O2/c1-7-31-37(5,32-8-2)19-11-17-25-23(29)35-27-21-13-15-22(16-14-21)28-36-24(30)26-18-12-20-38(6,33-9-3)34-10-4;1-4-13-16(14-5-2,15-6-3)9-7-8-11-10-12;9-7-5-1-2-6(8-10)4-3-5/h13-16H,7-12,17-20H2,1-6H3,(H,25,29)(H,26,30);4-9H2,1-3H3;1-4,7,9H. The average molecular weight is 958 g/mol. The zero-order chi connectivity index (χ0) is 48.0. The van der Waals surface area contributed by atoms with E-state index in [4.69, 9.17) is 45.9 Å². The summed E-state index contributed by atoms with van der Waals surface area (Å²) in [4.78, 5) is 56.9. The lowest BCUT2D eigenvalue weighted by molar-refractivity contribution is 0.0709. The van der Waals surface area contributed by atoms with Gasteiger partial charge in [-0.05, 0) is 147 Å². The maximum atomic E-state index is 11.9. The molecule has 362 valence electrons. The second kappa shape index (κ2) is 37.0. The van der Waals surface area contributed by atoms with Crippen molar-refractivity contribution >= 4 is 67.0 Å². The molecule has 64 heavy (non-hydrogen) atoms. The van der Waals surface area contributed by atoms with Crippen LogP contribution in [0.2, 0.25) is 31.2 Å². The number of carbonyl (C=O) groups excluding carboxylic acids is 3. The number of carbonyl (C=O) groups is 2. The predicted octanol–water partition coefficient (Wildman–Crippen LogP) is 7.99. The highest BCUT2D eigenvalue weighted by atomic mass is 28.4. The number of aliphatic imine (C=N–C) groups is 1. The molecule has 24 heteroatoms. The van der Waals surface area contributed by atoms with E-state index < -0.39 is 38.1 Å². The van der Waals surface area contributed by atoms with E-state index in [1.54, 1.807) is 36.4 Å². The van der Waals surface area contributed by atoms with E-state index in [1.165, 1.54) is 18.2 Å². The van der Waals surface area contributed by atoms with E-state index in [-0.39, 0.29) is 0 Å². The van der Waals surface area contributed by atoms with E-state index >= 15 is 0 Å². The molecule has 1 aliphatic carbocycles. The maximum absolute atomic E-state index is 11.9. The van der Waals surface area contributed by atoms with Crippen LogP contribution in [-0.2, 0) is 45.5 Å². The minimum Gasteiger partial charge on any atom is -0.395 e. The van der Waals surface area contributed by atoms with Crippen molar-refractivity contribution in [3.8, 4) is 0 Å². The van der Waals surface area contributed by atoms with Gasteiger partial charge >= 0.3 is 38.1 Å². The Hall–Kier alpha value is -4.31. The summed E-state index contributed by atoms with van der Waals surface area (Å²) in [6, 6.07) is 8.33. The Morgan fingerprint density at radius 3 is 1.33 bits per heavy atom. The molecule has 0 bridgehead atoms. The predicted molar refractivity (Wildman–Crippen MR) is 251 cm³/mol. The van der Waals surface area contributed by atoms with Crippen LogP contribution in [-0.4, -0.2) is 127 Å². The Labute approximate surface area is 381 Å². The van der Waals surface area contributed by atoms with Crippen molar-refractivity contribution in [2.45, 2.75) is 99.0 Å². The molecule has 0 unspecified atom stereocenters. The summed E-state index contributed by atoms with van der Waals surface area (Å²) >= 11 is 0. The quantitative estimate of drug-likeness (QED) is 0.00833. The molecule has 0 saturated carbocycles. The Morgan fingerprint density at radius 2 is 1.00 bits per heavy atom. The minimum atomic E-state index is -2.54. The molecule has 0 spiro atoms. The number of amides is 2. The summed E-state index contributed by atoms with van der Waals surface area (Å²) in [6.07, 6.45) is 8.70. The van der Waals surface area contributed by atoms with Gasteiger partial charge in [0.05, 0.1) is 12.2 Å². The fourth-order valence-corrected chi connectivity index (χ4v) is 13.1. The van der Waals surface area contributed by atoms with Crippen molar-refractivity contribution in [1.29, 1.82) is 0 Å². The molecule has 1 aliphatic rings. The Kier molecular flexibility index (Phi) is 34.5. The highest BCUT2D eigenvalue weighted by Gasteiger charge is 2.39. The maximum Gasteiger partial charge on any atom is 0.500 e. The minimum absolute atomic E-state index is 0.346. The average Bonchev–Trinajstić information content (AvgIpc) is 3.28. The molecule has 21 nitrogen and oxygen atoms in total. The third-order valence-electron chi connectivity index (χ3n) is 8.28. The van der Waals surface area contributed by atoms with E-state index in [9.17, 15) is 19.3 Å². The monoisotopic (exact) mass is 957 g/mol. The first-order valence-corrected chi connectivity index (χ1v) is 28.5. The van der Waals surface area contributed by atoms with E-state index in [1.807, 2.05) is 67.0 Å². The number of hydrogen-bond donors (Lipinski definition) is 4. The van der Waals surface area contributed by atoms with Crippen molar-refractivity contribution in [3.63, 3.8) is 0 Å². The van der Waals surface area contributed by atoms with Gasteiger partial charge in [-0.3, -0.25) is 20.4 Å². The number of oxime groups is 2. The summed E-state index contributed by atoms with van der Waals surface area (Å²) in [7, 11) is -6.94. The van der Waals surface area contributed by atoms with E-state index in [2.05, 4.69) is 31.1 Å². The lowest BCUT2D eigenvalue weighted by Gasteiger charge is -2.28. The summed E-state index contributed by atoms with van der Waals surface area (Å²) in [5.41, 5.74) is 3.63. The van der Waals surface area contributed by atoms with Gasteiger partial charge in [0.2, 0.25) is 6.08 Å². The number of anilines is 1. The zero-order valence-electron chi connectivity index (χ0n) is 39.0. The molecule has 1 aromatic rings. The Morgan fingerprint density at radius 1 is 0.609 bits per heavy atom. The molecular formula is C40H71N7O14Si3. The van der Waals surface area contributed by atoms with Gasteiger partial charge in [0.1, 0.15) is 17.1 Å². The van der Waals surface area contributed by atoms with Crippen molar-refractivity contribution in [1.82, 2.24) is 10.6 Å². The molecule has 2 amide bonds. The molecule has 0 saturated heterocycles. The first kappa shape index (κ1) is 59.7. The normalized spacial score (nSPS) is 12.1. The Balaban J connectivity index is 0.00000123. The second-order valence-electron chi connectivity index (χ2n) is 13.3. The van der Waals surface area contributed by atoms with Crippen LogP contribution >= 0.6 is 0 Å². The van der Waals surface area contributed by atoms with Gasteiger partial charge in [-0.15, -0.1) is 4.91 Å². The summed E-state index contributed by atoms with van der Waals surface area (Å²) in [5.74, 6) is 0. The van der Waals surface area contributed by atoms with Crippen LogP contribution in [0, 0.1) is 4.91 Å². The Bertz CT molecular complexity index is 1500. The van der Waals surface area contributed by atoms with Gasteiger partial charge in [-0.1, -0.05) is 10.3 Å². The van der Waals surface area contributed by atoms with Crippen LogP contribution in [0.15, 0.2) is 69.1 Å². The molecule has 4 N–H and O–H groups in total. The van der Waals surface area contributed by atoms with Crippen LogP contribution in [0.4, 0.5) is 21.0 Å². The summed E-state index contributed by atoms with van der Waals surface area (Å²) in [5, 5.41) is 23.9. The molecular weight excluding hydrogens is 887 g/mol. The number of nitrogens with one attached hydrogen (secondary N) is 3. The molecule has 1 aromatic carbocycles. The number of nitroso groups, excluding NO2 is 1. The number of allylic oxidation sites excluding steroid dienone is 4. The van der Waals surface area contributed by atoms with Crippen molar-refractivity contribution < 1.29 is 60.2 Å². The number of rotatable bonds is 30. The molecule has 0 fully saturated rings. The fraction of sp³-hybridized carbons (Fsp3) is 0.625. The van der Waals surface area contributed by atoms with Gasteiger partial charge in [0.25, 0.3) is 0 Å². The third-order valence-corrected chi connectivity index (χ3v) is 17.6. The van der Waals surface area contributed by atoms with Gasteiger partial charge < -0.3 is 41.6 Å². The van der Waals surface area contributed by atoms with Gasteiger partial charge in [0.15, 0.2) is 0 Å². The second-order valence-corrected chi connectivity index (χ2v) is 22.7. The first-order valence-electron chi connectivity index (χ1n) is 21.6. The smallest absolute Gasteiger partial charge is 0.395 e. The highest BCUT2D eigenvalue weighted by molar-refractivity contribution is 6.66. The van der Waals surface area contributed by atoms with Crippen LogP contribution < -0.4 is 16.1 Å². The van der Waals surface area contributed by atoms with Gasteiger partial charge in [-0.25, -0.2) is 19.4 Å². The molecule has 0 heterocycles. The number of isocyanates is 1. The lowest BCUT2D eigenvalue weighted by atomic mass is 10.1. The molecule has 0 radical (unpaired) electrons. The molecule has 0 aromatic heterocycles. The topological polar surface area (TPSA) is 257 Å². The molecule has 0 atom stereocenters. The fourth-order valence-electron chi connectivity index (χ4n) is 5.64. The van der Waals surface area contributed by atoms with Crippen LogP contribution in [0.3, 0.4) is 0 Å². The van der Waals surface area contributed by atoms with Crippen LogP contribution in [0.25, 0.3) is 0 Å².